The van der Waals surface area contributed by atoms with Gasteiger partial charge in [0.05, 0.1) is 17.6 Å². The Balaban J connectivity index is 0.00000272. The molecule has 0 spiro atoms. The number of aromatic nitrogens is 2. The molecule has 6 nitrogen and oxygen atoms in total. The van der Waals surface area contributed by atoms with Crippen LogP contribution in [0.2, 0.25) is 5.02 Å². The van der Waals surface area contributed by atoms with Gasteiger partial charge in [-0.15, -0.1) is 0 Å². The monoisotopic (exact) mass is 465 g/mol. The number of halogens is 3. The van der Waals surface area contributed by atoms with Crippen molar-refractivity contribution in [2.24, 2.45) is 5.73 Å². The van der Waals surface area contributed by atoms with E-state index in [0.29, 0.717) is 48.2 Å². The zero-order valence-electron chi connectivity index (χ0n) is 16.7. The Morgan fingerprint density at radius 3 is 2.55 bits per heavy atom. The summed E-state index contributed by atoms with van der Waals surface area (Å²) < 4.78 is 29.3. The Labute approximate surface area is 190 Å². The Morgan fingerprint density at radius 2 is 1.90 bits per heavy atom. The van der Waals surface area contributed by atoms with Crippen LogP contribution in [0.1, 0.15) is 12.7 Å². The molecule has 0 aliphatic carbocycles. The quantitative estimate of drug-likeness (QED) is 0.610. The molecule has 2 aromatic carbocycles. The average Bonchev–Trinajstić information content (AvgIpc) is 3.08. The van der Waals surface area contributed by atoms with Gasteiger partial charge in [-0.25, -0.2) is 13.8 Å². The van der Waals surface area contributed by atoms with Gasteiger partial charge in [-0.2, -0.15) is 13.5 Å². The zero-order chi connectivity index (χ0) is 21.4. The highest BCUT2D eigenvalue weighted by Gasteiger charge is 2.28. The lowest BCUT2D eigenvalue weighted by Gasteiger charge is -2.29. The summed E-state index contributed by atoms with van der Waals surface area (Å²) in [5.41, 5.74) is 7.51. The minimum atomic E-state index is -0.599. The van der Waals surface area contributed by atoms with Crippen molar-refractivity contribution in [2.75, 3.05) is 11.9 Å². The SMILES string of the molecule is C[C@H](N)C(=O)N1CCn2c(nc(-c3ccc(F)cc3)c2Nc2ccc(Cl)c(F)c2)C1.S. The summed E-state index contributed by atoms with van der Waals surface area (Å²) >= 11 is 5.79. The van der Waals surface area contributed by atoms with E-state index in [1.165, 1.54) is 24.3 Å². The zero-order valence-corrected chi connectivity index (χ0v) is 18.5. The molecule has 0 fully saturated rings. The van der Waals surface area contributed by atoms with Gasteiger partial charge in [0.1, 0.15) is 29.0 Å². The fourth-order valence-corrected chi connectivity index (χ4v) is 3.57. The molecule has 0 saturated heterocycles. The van der Waals surface area contributed by atoms with E-state index in [1.807, 2.05) is 4.57 Å². The van der Waals surface area contributed by atoms with E-state index in [0.717, 1.165) is 0 Å². The van der Waals surface area contributed by atoms with Crippen molar-refractivity contribution in [3.05, 3.63) is 64.9 Å². The molecule has 0 bridgehead atoms. The van der Waals surface area contributed by atoms with Crippen molar-refractivity contribution in [1.82, 2.24) is 14.5 Å². The predicted octanol–water partition coefficient (Wildman–Crippen LogP) is 4.03. The summed E-state index contributed by atoms with van der Waals surface area (Å²) in [4.78, 5) is 18.7. The highest BCUT2D eigenvalue weighted by atomic mass is 35.5. The summed E-state index contributed by atoms with van der Waals surface area (Å²) in [6.45, 7) is 2.90. The van der Waals surface area contributed by atoms with Crippen LogP contribution in [-0.2, 0) is 17.9 Å². The van der Waals surface area contributed by atoms with Crippen LogP contribution >= 0.6 is 25.1 Å². The minimum absolute atomic E-state index is 0. The van der Waals surface area contributed by atoms with Crippen LogP contribution in [0.15, 0.2) is 42.5 Å². The molecule has 1 aromatic heterocycles. The van der Waals surface area contributed by atoms with Crippen LogP contribution in [0.5, 0.6) is 0 Å². The summed E-state index contributed by atoms with van der Waals surface area (Å²) in [6, 6.07) is 9.78. The largest absolute Gasteiger partial charge is 0.340 e. The average molecular weight is 466 g/mol. The van der Waals surface area contributed by atoms with Gasteiger partial charge in [0.2, 0.25) is 5.91 Å². The van der Waals surface area contributed by atoms with Crippen molar-refractivity contribution in [1.29, 1.82) is 0 Å². The molecule has 1 aliphatic heterocycles. The molecule has 2 heterocycles. The molecule has 1 aliphatic rings. The van der Waals surface area contributed by atoms with Crippen molar-refractivity contribution in [3.63, 3.8) is 0 Å². The second-order valence-corrected chi connectivity index (χ2v) is 7.59. The highest BCUT2D eigenvalue weighted by molar-refractivity contribution is 7.59. The smallest absolute Gasteiger partial charge is 0.239 e. The van der Waals surface area contributed by atoms with E-state index < -0.39 is 11.9 Å². The van der Waals surface area contributed by atoms with Gasteiger partial charge in [-0.1, -0.05) is 11.6 Å². The standard InChI is InChI=1S/C21H20ClF2N5O.H2S/c1-12(25)21(30)28-8-9-29-18(11-28)27-19(13-2-4-14(23)5-3-13)20(29)26-15-6-7-16(22)17(24)10-15;/h2-7,10,12,26H,8-9,11,25H2,1H3;1H2/t12-;/m0./s1. The third-order valence-corrected chi connectivity index (χ3v) is 5.28. The highest BCUT2D eigenvalue weighted by Crippen LogP contribution is 2.34. The number of carbonyl (C=O) groups is 1. The summed E-state index contributed by atoms with van der Waals surface area (Å²) in [5.74, 6) is 0.238. The number of hydrogen-bond acceptors (Lipinski definition) is 4. The Bertz CT molecular complexity index is 1100. The first kappa shape index (κ1) is 23.1. The van der Waals surface area contributed by atoms with Crippen LogP contribution in [0.25, 0.3) is 11.3 Å². The lowest BCUT2D eigenvalue weighted by atomic mass is 10.1. The maximum atomic E-state index is 13.9. The fraction of sp³-hybridized carbons (Fsp3) is 0.238. The third kappa shape index (κ3) is 4.68. The number of rotatable bonds is 4. The van der Waals surface area contributed by atoms with Gasteiger partial charge in [0.25, 0.3) is 0 Å². The fourth-order valence-electron chi connectivity index (χ4n) is 3.45. The molecule has 3 aromatic rings. The van der Waals surface area contributed by atoms with Crippen molar-refractivity contribution >= 4 is 42.5 Å². The van der Waals surface area contributed by atoms with Gasteiger partial charge < -0.3 is 20.5 Å². The maximum Gasteiger partial charge on any atom is 0.239 e. The van der Waals surface area contributed by atoms with Gasteiger partial charge in [0, 0.05) is 24.3 Å². The molecule has 0 radical (unpaired) electrons. The van der Waals surface area contributed by atoms with Crippen LogP contribution in [0, 0.1) is 11.6 Å². The van der Waals surface area contributed by atoms with Gasteiger partial charge in [-0.05, 0) is 49.4 Å². The van der Waals surface area contributed by atoms with Gasteiger partial charge in [0.15, 0.2) is 0 Å². The summed E-state index contributed by atoms with van der Waals surface area (Å²) in [6.07, 6.45) is 0. The Morgan fingerprint density at radius 1 is 1.19 bits per heavy atom. The first-order chi connectivity index (χ1) is 14.3. The number of carbonyl (C=O) groups excluding carboxylic acids is 1. The van der Waals surface area contributed by atoms with Crippen molar-refractivity contribution in [2.45, 2.75) is 26.1 Å². The van der Waals surface area contributed by atoms with Crippen LogP contribution in [0.3, 0.4) is 0 Å². The molecule has 0 unspecified atom stereocenters. The maximum absolute atomic E-state index is 13.9. The number of nitrogens with zero attached hydrogens (tertiary/aromatic N) is 3. The van der Waals surface area contributed by atoms with Crippen molar-refractivity contribution < 1.29 is 13.6 Å². The van der Waals surface area contributed by atoms with E-state index in [-0.39, 0.29) is 30.2 Å². The minimum Gasteiger partial charge on any atom is -0.340 e. The number of nitrogens with two attached hydrogens (primary N) is 1. The van der Waals surface area contributed by atoms with Gasteiger partial charge in [-0.3, -0.25) is 4.79 Å². The third-order valence-electron chi connectivity index (χ3n) is 4.97. The molecular weight excluding hydrogens is 444 g/mol. The Kier molecular flexibility index (Phi) is 6.88. The molecule has 10 heteroatoms. The number of imidazole rings is 1. The van der Waals surface area contributed by atoms with E-state index in [9.17, 15) is 13.6 Å². The molecule has 1 atom stereocenters. The summed E-state index contributed by atoms with van der Waals surface area (Å²) in [7, 11) is 0. The van der Waals surface area contributed by atoms with Gasteiger partial charge >= 0.3 is 0 Å². The number of hydrogen-bond donors (Lipinski definition) is 2. The topological polar surface area (TPSA) is 76.2 Å². The second-order valence-electron chi connectivity index (χ2n) is 7.19. The van der Waals surface area contributed by atoms with Crippen LogP contribution in [0.4, 0.5) is 20.3 Å². The number of nitrogens with one attached hydrogen (secondary N) is 1. The molecule has 31 heavy (non-hydrogen) atoms. The van der Waals surface area contributed by atoms with Crippen LogP contribution < -0.4 is 11.1 Å². The first-order valence-electron chi connectivity index (χ1n) is 9.45. The Hall–Kier alpha value is -2.62. The second kappa shape index (κ2) is 9.25. The van der Waals surface area contributed by atoms with Crippen LogP contribution in [-0.4, -0.2) is 32.9 Å². The van der Waals surface area contributed by atoms with E-state index >= 15 is 0 Å². The number of benzene rings is 2. The van der Waals surface area contributed by atoms with Crippen molar-refractivity contribution in [3.8, 4) is 11.3 Å². The number of amides is 1. The number of fused-ring (bicyclic) bond motifs is 1. The molecule has 1 amide bonds. The number of anilines is 2. The van der Waals surface area contributed by atoms with E-state index in [4.69, 9.17) is 22.3 Å². The molecular formula is C21H22ClF2N5OS. The first-order valence-corrected chi connectivity index (χ1v) is 9.83. The summed E-state index contributed by atoms with van der Waals surface area (Å²) in [5, 5.41) is 3.24. The lowest BCUT2D eigenvalue weighted by Crippen LogP contribution is -2.45. The molecule has 164 valence electrons. The van der Waals surface area contributed by atoms with E-state index in [1.54, 1.807) is 30.0 Å². The predicted molar refractivity (Wildman–Crippen MR) is 122 cm³/mol. The molecule has 0 saturated carbocycles. The molecule has 3 N–H and O–H groups in total. The normalized spacial score (nSPS) is 13.9. The molecule has 4 rings (SSSR count). The lowest BCUT2D eigenvalue weighted by molar-refractivity contribution is -0.133. The van der Waals surface area contributed by atoms with E-state index in [2.05, 4.69) is 5.32 Å².